The zero-order chi connectivity index (χ0) is 25.8. The summed E-state index contributed by atoms with van der Waals surface area (Å²) < 4.78 is 0. The summed E-state index contributed by atoms with van der Waals surface area (Å²) in [6, 6.07) is 19.6. The third-order valence-corrected chi connectivity index (χ3v) is 6.61. The number of aliphatic hydroxyl groups is 1. The number of nitrogens with one attached hydrogen (secondary N) is 2. The van der Waals surface area contributed by atoms with Crippen LogP contribution in [0.1, 0.15) is 5.56 Å². The number of carbonyl (C=O) groups excluding carboxylic acids is 1. The maximum atomic E-state index is 11.8. The first-order valence-corrected chi connectivity index (χ1v) is 12.3. The van der Waals surface area contributed by atoms with E-state index in [1.165, 1.54) is 11.8 Å². The zero-order valence-corrected chi connectivity index (χ0v) is 20.8. The lowest BCUT2D eigenvalue weighted by atomic mass is 9.96. The molecule has 37 heavy (non-hydrogen) atoms. The molecule has 0 radical (unpaired) electrons. The van der Waals surface area contributed by atoms with E-state index in [1.54, 1.807) is 6.20 Å². The average molecular weight is 495 g/mol. The van der Waals surface area contributed by atoms with Gasteiger partial charge in [-0.25, -0.2) is 9.97 Å². The second kappa shape index (κ2) is 10.8. The Bertz CT molecular complexity index is 1430. The fourth-order valence-corrected chi connectivity index (χ4v) is 4.55. The highest BCUT2D eigenvalue weighted by molar-refractivity contribution is 6.00. The SMILES string of the molecule is C=CC(=O)Nc1cccc(-c2c(CO)ccc3cnc(Nc4ccc(N5CCN(C)CC5)cc4)nc23)c1. The number of benzene rings is 3. The molecule has 188 valence electrons. The molecule has 0 spiro atoms. The third-order valence-electron chi connectivity index (χ3n) is 6.61. The highest BCUT2D eigenvalue weighted by Gasteiger charge is 2.15. The van der Waals surface area contributed by atoms with Gasteiger partial charge in [0.25, 0.3) is 0 Å². The molecule has 1 amide bonds. The molecular formula is C29H30N6O2. The van der Waals surface area contributed by atoms with Gasteiger partial charge < -0.3 is 25.5 Å². The van der Waals surface area contributed by atoms with Crippen LogP contribution in [0.5, 0.6) is 0 Å². The number of fused-ring (bicyclic) bond motifs is 1. The molecule has 3 N–H and O–H groups in total. The summed E-state index contributed by atoms with van der Waals surface area (Å²) >= 11 is 0. The van der Waals surface area contributed by atoms with Gasteiger partial charge in [0.2, 0.25) is 11.9 Å². The Hall–Kier alpha value is -4.27. The second-order valence-electron chi connectivity index (χ2n) is 9.13. The Morgan fingerprint density at radius 2 is 1.84 bits per heavy atom. The van der Waals surface area contributed by atoms with Crippen molar-refractivity contribution in [2.24, 2.45) is 0 Å². The summed E-state index contributed by atoms with van der Waals surface area (Å²) in [7, 11) is 2.15. The molecule has 8 heteroatoms. The fourth-order valence-electron chi connectivity index (χ4n) is 4.55. The number of aliphatic hydroxyl groups excluding tert-OH is 1. The lowest BCUT2D eigenvalue weighted by Gasteiger charge is -2.34. The van der Waals surface area contributed by atoms with Gasteiger partial charge in [0.15, 0.2) is 0 Å². The van der Waals surface area contributed by atoms with Gasteiger partial charge in [0, 0.05) is 60.4 Å². The molecule has 1 aromatic heterocycles. The van der Waals surface area contributed by atoms with Crippen molar-refractivity contribution in [2.45, 2.75) is 6.61 Å². The van der Waals surface area contributed by atoms with Crippen LogP contribution in [-0.4, -0.2) is 59.1 Å². The summed E-state index contributed by atoms with van der Waals surface area (Å²) in [4.78, 5) is 25.9. The predicted molar refractivity (Wildman–Crippen MR) is 149 cm³/mol. The van der Waals surface area contributed by atoms with E-state index in [1.807, 2.05) is 48.5 Å². The van der Waals surface area contributed by atoms with E-state index in [0.29, 0.717) is 17.2 Å². The Labute approximate surface area is 216 Å². The standard InChI is InChI=1S/C29H30N6O2/c1-3-26(37)31-24-6-4-5-20(17-24)27-22(19-36)8-7-21-18-30-29(33-28(21)27)32-23-9-11-25(12-10-23)35-15-13-34(2)14-16-35/h3-12,17-18,36H,1,13-16,19H2,2H3,(H,31,37)(H,30,32,33). The Morgan fingerprint density at radius 3 is 2.57 bits per heavy atom. The number of carbonyl (C=O) groups is 1. The van der Waals surface area contributed by atoms with E-state index < -0.39 is 0 Å². The number of amides is 1. The van der Waals surface area contributed by atoms with Crippen LogP contribution in [-0.2, 0) is 11.4 Å². The van der Waals surface area contributed by atoms with Crippen molar-refractivity contribution in [1.82, 2.24) is 14.9 Å². The molecular weight excluding hydrogens is 464 g/mol. The van der Waals surface area contributed by atoms with Crippen LogP contribution >= 0.6 is 0 Å². The molecule has 4 aromatic rings. The van der Waals surface area contributed by atoms with Gasteiger partial charge in [0.1, 0.15) is 0 Å². The van der Waals surface area contributed by atoms with Crippen molar-refractivity contribution >= 4 is 39.8 Å². The largest absolute Gasteiger partial charge is 0.392 e. The van der Waals surface area contributed by atoms with Gasteiger partial charge in [-0.3, -0.25) is 4.79 Å². The smallest absolute Gasteiger partial charge is 0.247 e. The van der Waals surface area contributed by atoms with Crippen molar-refractivity contribution < 1.29 is 9.90 Å². The Morgan fingerprint density at radius 1 is 1.05 bits per heavy atom. The van der Waals surface area contributed by atoms with E-state index in [2.05, 4.69) is 51.2 Å². The van der Waals surface area contributed by atoms with Gasteiger partial charge in [-0.05, 0) is 60.6 Å². The molecule has 0 aliphatic carbocycles. The minimum absolute atomic E-state index is 0.144. The minimum Gasteiger partial charge on any atom is -0.392 e. The van der Waals surface area contributed by atoms with Crippen molar-refractivity contribution in [3.8, 4) is 11.1 Å². The van der Waals surface area contributed by atoms with E-state index in [-0.39, 0.29) is 12.5 Å². The highest BCUT2D eigenvalue weighted by atomic mass is 16.3. The molecule has 3 aromatic carbocycles. The quantitative estimate of drug-likeness (QED) is 0.328. The Kier molecular flexibility index (Phi) is 7.11. The third kappa shape index (κ3) is 5.45. The van der Waals surface area contributed by atoms with Crippen molar-refractivity contribution in [1.29, 1.82) is 0 Å². The number of anilines is 4. The number of aromatic nitrogens is 2. The maximum Gasteiger partial charge on any atom is 0.247 e. The fraction of sp³-hybridized carbons (Fsp3) is 0.207. The van der Waals surface area contributed by atoms with Crippen LogP contribution < -0.4 is 15.5 Å². The number of nitrogens with zero attached hydrogens (tertiary/aromatic N) is 4. The summed E-state index contributed by atoms with van der Waals surface area (Å²) in [6.45, 7) is 7.53. The first kappa shape index (κ1) is 24.4. The van der Waals surface area contributed by atoms with Crippen LogP contribution in [0.2, 0.25) is 0 Å². The monoisotopic (exact) mass is 494 g/mol. The van der Waals surface area contributed by atoms with Crippen molar-refractivity contribution in [3.05, 3.63) is 85.1 Å². The topological polar surface area (TPSA) is 93.6 Å². The molecule has 1 aliphatic rings. The normalized spacial score (nSPS) is 13.9. The van der Waals surface area contributed by atoms with Gasteiger partial charge in [-0.2, -0.15) is 0 Å². The number of rotatable bonds is 7. The van der Waals surface area contributed by atoms with E-state index in [9.17, 15) is 9.90 Å². The van der Waals surface area contributed by atoms with Crippen molar-refractivity contribution in [2.75, 3.05) is 48.8 Å². The van der Waals surface area contributed by atoms with E-state index >= 15 is 0 Å². The lowest BCUT2D eigenvalue weighted by Crippen LogP contribution is -2.44. The van der Waals surface area contributed by atoms with Gasteiger partial charge in [-0.1, -0.05) is 30.8 Å². The van der Waals surface area contributed by atoms with Crippen LogP contribution in [0.15, 0.2) is 79.5 Å². The Balaban J connectivity index is 1.45. The van der Waals surface area contributed by atoms with Crippen molar-refractivity contribution in [3.63, 3.8) is 0 Å². The zero-order valence-electron chi connectivity index (χ0n) is 20.8. The summed E-state index contributed by atoms with van der Waals surface area (Å²) in [6.07, 6.45) is 3.00. The summed E-state index contributed by atoms with van der Waals surface area (Å²) in [5.74, 6) is 0.178. The number of hydrogen-bond acceptors (Lipinski definition) is 7. The van der Waals surface area contributed by atoms with Gasteiger partial charge in [-0.15, -0.1) is 0 Å². The molecule has 0 unspecified atom stereocenters. The molecule has 8 nitrogen and oxygen atoms in total. The van der Waals surface area contributed by atoms with E-state index in [4.69, 9.17) is 4.98 Å². The van der Waals surface area contributed by atoms with Crippen LogP contribution in [0.3, 0.4) is 0 Å². The van der Waals surface area contributed by atoms with E-state index in [0.717, 1.165) is 53.9 Å². The first-order chi connectivity index (χ1) is 18.0. The molecule has 0 saturated carbocycles. The van der Waals surface area contributed by atoms with Crippen LogP contribution in [0.4, 0.5) is 23.0 Å². The molecule has 2 heterocycles. The van der Waals surface area contributed by atoms with Crippen LogP contribution in [0.25, 0.3) is 22.0 Å². The van der Waals surface area contributed by atoms with Gasteiger partial charge in [0.05, 0.1) is 12.1 Å². The maximum absolute atomic E-state index is 11.8. The molecule has 0 atom stereocenters. The lowest BCUT2D eigenvalue weighted by molar-refractivity contribution is -0.111. The molecule has 1 aliphatic heterocycles. The molecule has 1 saturated heterocycles. The summed E-state index contributed by atoms with van der Waals surface area (Å²) in [5.41, 5.74) is 5.81. The molecule has 0 bridgehead atoms. The highest BCUT2D eigenvalue weighted by Crippen LogP contribution is 2.33. The average Bonchev–Trinajstić information content (AvgIpc) is 2.93. The second-order valence-corrected chi connectivity index (χ2v) is 9.13. The summed E-state index contributed by atoms with van der Waals surface area (Å²) in [5, 5.41) is 17.1. The predicted octanol–water partition coefficient (Wildman–Crippen LogP) is 4.41. The molecule has 1 fully saturated rings. The number of likely N-dealkylation sites (N-methyl/N-ethyl adjacent to an activating group) is 1. The minimum atomic E-state index is -0.287. The number of hydrogen-bond donors (Lipinski definition) is 3. The van der Waals surface area contributed by atoms with Crippen LogP contribution in [0, 0.1) is 0 Å². The van der Waals surface area contributed by atoms with Gasteiger partial charge >= 0.3 is 0 Å². The molecule has 5 rings (SSSR count). The number of piperazine rings is 1. The first-order valence-electron chi connectivity index (χ1n) is 12.3.